The van der Waals surface area contributed by atoms with Crippen LogP contribution in [0.4, 0.5) is 0 Å². The van der Waals surface area contributed by atoms with Crippen molar-refractivity contribution in [1.29, 1.82) is 5.26 Å². The van der Waals surface area contributed by atoms with Gasteiger partial charge in [-0.05, 0) is 29.2 Å². The Balaban J connectivity index is 1.90. The van der Waals surface area contributed by atoms with E-state index in [9.17, 15) is 10.4 Å². The fourth-order valence-electron chi connectivity index (χ4n) is 3.34. The fourth-order valence-corrected chi connectivity index (χ4v) is 3.34. The molecule has 0 aliphatic rings. The van der Waals surface area contributed by atoms with E-state index < -0.39 is 0 Å². The Morgan fingerprint density at radius 2 is 1.85 bits per heavy atom. The van der Waals surface area contributed by atoms with Gasteiger partial charge in [0.2, 0.25) is 0 Å². The summed E-state index contributed by atoms with van der Waals surface area (Å²) in [6.07, 6.45) is 2.69. The van der Waals surface area contributed by atoms with Crippen LogP contribution < -0.4 is 0 Å². The summed E-state index contributed by atoms with van der Waals surface area (Å²) < 4.78 is 1.79. The minimum Gasteiger partial charge on any atom is -0.390 e. The van der Waals surface area contributed by atoms with Crippen LogP contribution >= 0.6 is 0 Å². The summed E-state index contributed by atoms with van der Waals surface area (Å²) in [5.74, 6) is 0. The third-order valence-corrected chi connectivity index (χ3v) is 4.69. The average molecular weight is 345 g/mol. The van der Waals surface area contributed by atoms with Crippen molar-refractivity contribution in [2.75, 3.05) is 0 Å². The first kappa shape index (κ1) is 17.9. The quantitative estimate of drug-likeness (QED) is 0.735. The average Bonchev–Trinajstić information content (AvgIpc) is 2.97. The van der Waals surface area contributed by atoms with E-state index in [0.717, 1.165) is 47.3 Å². The second-order valence-electron chi connectivity index (χ2n) is 6.43. The van der Waals surface area contributed by atoms with Crippen LogP contribution in [0.25, 0.3) is 11.1 Å². The zero-order chi connectivity index (χ0) is 18.5. The zero-order valence-electron chi connectivity index (χ0n) is 15.2. The van der Waals surface area contributed by atoms with E-state index in [2.05, 4.69) is 42.4 Å². The van der Waals surface area contributed by atoms with Gasteiger partial charge in [0.1, 0.15) is 0 Å². The minimum atomic E-state index is -0.00379. The van der Waals surface area contributed by atoms with E-state index >= 15 is 0 Å². The van der Waals surface area contributed by atoms with E-state index in [1.807, 2.05) is 31.3 Å². The molecule has 0 spiro atoms. The molecule has 0 atom stereocenters. The Labute approximate surface area is 154 Å². The minimum absolute atomic E-state index is 0.00379. The van der Waals surface area contributed by atoms with Crippen LogP contribution in [0.15, 0.2) is 48.5 Å². The maximum absolute atomic E-state index is 9.72. The topological polar surface area (TPSA) is 61.8 Å². The largest absolute Gasteiger partial charge is 0.390 e. The number of nitriles is 1. The van der Waals surface area contributed by atoms with Crippen LogP contribution in [0.2, 0.25) is 0 Å². The Hall–Kier alpha value is -2.90. The molecule has 4 nitrogen and oxygen atoms in total. The highest BCUT2D eigenvalue weighted by Gasteiger charge is 2.15. The number of hydrogen-bond donors (Lipinski definition) is 1. The Bertz CT molecular complexity index is 933. The molecular weight excluding hydrogens is 322 g/mol. The van der Waals surface area contributed by atoms with Gasteiger partial charge in [0.05, 0.1) is 29.6 Å². The van der Waals surface area contributed by atoms with Crippen LogP contribution in [-0.4, -0.2) is 14.9 Å². The lowest BCUT2D eigenvalue weighted by atomic mass is 9.96. The Kier molecular flexibility index (Phi) is 5.50. The van der Waals surface area contributed by atoms with Gasteiger partial charge >= 0.3 is 0 Å². The van der Waals surface area contributed by atoms with E-state index in [-0.39, 0.29) is 6.61 Å². The lowest BCUT2D eigenvalue weighted by Gasteiger charge is -2.08. The van der Waals surface area contributed by atoms with Crippen LogP contribution in [0.1, 0.15) is 41.4 Å². The predicted octanol–water partition coefficient (Wildman–Crippen LogP) is 3.99. The highest BCUT2D eigenvalue weighted by Crippen LogP contribution is 2.25. The highest BCUT2D eigenvalue weighted by molar-refractivity contribution is 5.70. The number of aryl methyl sites for hydroxylation is 2. The lowest BCUT2D eigenvalue weighted by molar-refractivity contribution is 0.269. The monoisotopic (exact) mass is 345 g/mol. The molecule has 0 saturated carbocycles. The molecule has 0 aliphatic heterocycles. The first-order chi connectivity index (χ1) is 12.7. The smallest absolute Gasteiger partial charge is 0.0998 e. The van der Waals surface area contributed by atoms with Gasteiger partial charge in [0.25, 0.3) is 0 Å². The van der Waals surface area contributed by atoms with Crippen molar-refractivity contribution in [3.05, 3.63) is 76.6 Å². The molecule has 0 bridgehead atoms. The number of aromatic nitrogens is 2. The van der Waals surface area contributed by atoms with E-state index in [4.69, 9.17) is 0 Å². The van der Waals surface area contributed by atoms with Crippen LogP contribution in [0.5, 0.6) is 0 Å². The summed E-state index contributed by atoms with van der Waals surface area (Å²) in [4.78, 5) is 0. The van der Waals surface area contributed by atoms with Gasteiger partial charge in [-0.25, -0.2) is 0 Å². The molecule has 26 heavy (non-hydrogen) atoms. The van der Waals surface area contributed by atoms with Gasteiger partial charge in [-0.3, -0.25) is 4.68 Å². The molecule has 3 aromatic rings. The van der Waals surface area contributed by atoms with Gasteiger partial charge < -0.3 is 5.11 Å². The van der Waals surface area contributed by atoms with Crippen molar-refractivity contribution in [2.24, 2.45) is 7.05 Å². The van der Waals surface area contributed by atoms with Crippen LogP contribution in [-0.2, 0) is 26.5 Å². The van der Waals surface area contributed by atoms with Gasteiger partial charge in [-0.15, -0.1) is 0 Å². The molecule has 0 unspecified atom stereocenters. The summed E-state index contributed by atoms with van der Waals surface area (Å²) in [5, 5.41) is 23.6. The molecule has 132 valence electrons. The molecule has 0 amide bonds. The van der Waals surface area contributed by atoms with Crippen LogP contribution in [0.3, 0.4) is 0 Å². The Morgan fingerprint density at radius 3 is 2.50 bits per heavy atom. The summed E-state index contributed by atoms with van der Waals surface area (Å²) in [5.41, 5.74) is 6.91. The Morgan fingerprint density at radius 1 is 1.12 bits per heavy atom. The molecule has 2 aromatic carbocycles. The maximum Gasteiger partial charge on any atom is 0.0998 e. The molecule has 0 fully saturated rings. The number of benzene rings is 2. The zero-order valence-corrected chi connectivity index (χ0v) is 15.2. The molecule has 0 saturated heterocycles. The predicted molar refractivity (Wildman–Crippen MR) is 103 cm³/mol. The normalized spacial score (nSPS) is 10.7. The van der Waals surface area contributed by atoms with Gasteiger partial charge in [-0.1, -0.05) is 55.8 Å². The van der Waals surface area contributed by atoms with Gasteiger partial charge in [-0.2, -0.15) is 10.4 Å². The van der Waals surface area contributed by atoms with E-state index in [1.54, 1.807) is 4.68 Å². The van der Waals surface area contributed by atoms with Crippen molar-refractivity contribution in [1.82, 2.24) is 9.78 Å². The third kappa shape index (κ3) is 3.54. The first-order valence-electron chi connectivity index (χ1n) is 8.90. The van der Waals surface area contributed by atoms with E-state index in [1.165, 1.54) is 5.56 Å². The first-order valence-corrected chi connectivity index (χ1v) is 8.90. The van der Waals surface area contributed by atoms with Crippen molar-refractivity contribution in [3.63, 3.8) is 0 Å². The molecule has 0 radical (unpaired) electrons. The second kappa shape index (κ2) is 7.99. The molecule has 1 heterocycles. The second-order valence-corrected chi connectivity index (χ2v) is 6.43. The van der Waals surface area contributed by atoms with Crippen molar-refractivity contribution >= 4 is 0 Å². The van der Waals surface area contributed by atoms with Crippen molar-refractivity contribution < 1.29 is 5.11 Å². The molecular formula is C22H23N3O. The van der Waals surface area contributed by atoms with Crippen molar-refractivity contribution in [3.8, 4) is 17.2 Å². The van der Waals surface area contributed by atoms with Gasteiger partial charge in [0, 0.05) is 19.0 Å². The number of nitrogens with zero attached hydrogens (tertiary/aromatic N) is 3. The lowest BCUT2D eigenvalue weighted by Crippen LogP contribution is -2.01. The summed E-state index contributed by atoms with van der Waals surface area (Å²) in [6, 6.07) is 18.2. The molecule has 3 rings (SSSR count). The number of aliphatic hydroxyl groups is 1. The maximum atomic E-state index is 9.72. The number of rotatable bonds is 6. The van der Waals surface area contributed by atoms with Crippen molar-refractivity contribution in [2.45, 2.75) is 32.8 Å². The molecule has 1 aromatic heterocycles. The number of aliphatic hydroxyl groups excluding tert-OH is 1. The third-order valence-electron chi connectivity index (χ3n) is 4.69. The standard InChI is InChI=1S/C22H23N3O/c1-3-6-21-20(22(15-26)25(2)24-21)13-16-9-11-17(12-10-16)19-8-5-4-7-18(19)14-23/h4-5,7-12,26H,3,6,13,15H2,1-2H3. The number of hydrogen-bond acceptors (Lipinski definition) is 3. The molecule has 1 N–H and O–H groups in total. The fraction of sp³-hybridized carbons (Fsp3) is 0.273. The SMILES string of the molecule is CCCc1nn(C)c(CO)c1Cc1ccc(-c2ccccc2C#N)cc1. The summed E-state index contributed by atoms with van der Waals surface area (Å²) >= 11 is 0. The molecule has 0 aliphatic carbocycles. The van der Waals surface area contributed by atoms with Crippen LogP contribution in [0, 0.1) is 11.3 Å². The highest BCUT2D eigenvalue weighted by atomic mass is 16.3. The summed E-state index contributed by atoms with van der Waals surface area (Å²) in [6.45, 7) is 2.13. The van der Waals surface area contributed by atoms with E-state index in [0.29, 0.717) is 5.56 Å². The molecule has 4 heteroatoms. The summed E-state index contributed by atoms with van der Waals surface area (Å²) in [7, 11) is 1.89. The van der Waals surface area contributed by atoms with Gasteiger partial charge in [0.15, 0.2) is 0 Å².